The second kappa shape index (κ2) is 8.65. The Bertz CT molecular complexity index is 1520. The fourth-order valence-electron chi connectivity index (χ4n) is 3.51. The monoisotopic (exact) mass is 462 g/mol. The Morgan fingerprint density at radius 3 is 2.66 bits per heavy atom. The Kier molecular flexibility index (Phi) is 5.55. The molecule has 5 nitrogen and oxygen atoms in total. The molecule has 0 aliphatic rings. The largest absolute Gasteiger partial charge is 0.490 e. The van der Waals surface area contributed by atoms with Crippen LogP contribution < -0.4 is 19.6 Å². The van der Waals surface area contributed by atoms with E-state index in [2.05, 4.69) is 4.98 Å². The standard InChI is InChI=1S/C25H19ClN2O3S/c1-2-30-22-13-17(9-12-21(22)31-15-16-7-10-18(26)11-8-16)14-23-24(29)28-20-6-4-3-5-19(20)27-25(28)32-23/h3-14H,2,15H2,1H3. The van der Waals surface area contributed by atoms with Gasteiger partial charge in [-0.1, -0.05) is 53.3 Å². The average Bonchev–Trinajstić information content (AvgIpc) is 3.31. The van der Waals surface area contributed by atoms with E-state index in [9.17, 15) is 4.79 Å². The molecule has 0 spiro atoms. The average molecular weight is 463 g/mol. The molecule has 0 radical (unpaired) electrons. The summed E-state index contributed by atoms with van der Waals surface area (Å²) in [5.74, 6) is 1.28. The number of thiazole rings is 1. The zero-order chi connectivity index (χ0) is 22.1. The fourth-order valence-corrected chi connectivity index (χ4v) is 4.62. The second-order valence-electron chi connectivity index (χ2n) is 7.19. The van der Waals surface area contributed by atoms with E-state index in [0.717, 1.165) is 22.2 Å². The third-order valence-corrected chi connectivity index (χ3v) is 6.24. The molecular formula is C25H19ClN2O3S. The van der Waals surface area contributed by atoms with Gasteiger partial charge in [0.2, 0.25) is 0 Å². The van der Waals surface area contributed by atoms with Gasteiger partial charge in [-0.2, -0.15) is 0 Å². The van der Waals surface area contributed by atoms with E-state index >= 15 is 0 Å². The van der Waals surface area contributed by atoms with Crippen LogP contribution in [0, 0.1) is 0 Å². The van der Waals surface area contributed by atoms with Crippen molar-refractivity contribution in [2.24, 2.45) is 0 Å². The number of ether oxygens (including phenoxy) is 2. The number of para-hydroxylation sites is 2. The number of nitrogens with zero attached hydrogens (tertiary/aromatic N) is 2. The van der Waals surface area contributed by atoms with Gasteiger partial charge < -0.3 is 9.47 Å². The van der Waals surface area contributed by atoms with E-state index in [1.165, 1.54) is 11.3 Å². The molecule has 3 aromatic carbocycles. The summed E-state index contributed by atoms with van der Waals surface area (Å²) in [6.45, 7) is 2.83. The van der Waals surface area contributed by atoms with Crippen molar-refractivity contribution in [3.05, 3.63) is 97.8 Å². The van der Waals surface area contributed by atoms with Crippen molar-refractivity contribution in [1.82, 2.24) is 9.38 Å². The highest BCUT2D eigenvalue weighted by Crippen LogP contribution is 2.30. The Morgan fingerprint density at radius 2 is 1.84 bits per heavy atom. The van der Waals surface area contributed by atoms with Crippen molar-refractivity contribution < 1.29 is 9.47 Å². The highest BCUT2D eigenvalue weighted by Gasteiger charge is 2.11. The summed E-state index contributed by atoms with van der Waals surface area (Å²) in [5.41, 5.74) is 3.45. The molecule has 0 amide bonds. The summed E-state index contributed by atoms with van der Waals surface area (Å²) in [7, 11) is 0. The third-order valence-electron chi connectivity index (χ3n) is 5.02. The molecule has 0 bridgehead atoms. The van der Waals surface area contributed by atoms with Gasteiger partial charge in [-0.05, 0) is 60.5 Å². The first-order valence-corrected chi connectivity index (χ1v) is 11.4. The van der Waals surface area contributed by atoms with Crippen molar-refractivity contribution in [1.29, 1.82) is 0 Å². The summed E-state index contributed by atoms with van der Waals surface area (Å²) >= 11 is 7.32. The van der Waals surface area contributed by atoms with Gasteiger partial charge >= 0.3 is 0 Å². The topological polar surface area (TPSA) is 52.8 Å². The smallest absolute Gasteiger partial charge is 0.274 e. The van der Waals surface area contributed by atoms with Crippen LogP contribution in [0.3, 0.4) is 0 Å². The third kappa shape index (κ3) is 3.95. The first-order chi connectivity index (χ1) is 15.6. The van der Waals surface area contributed by atoms with Crippen LogP contribution in [0.2, 0.25) is 5.02 Å². The Hall–Kier alpha value is -3.35. The second-order valence-corrected chi connectivity index (χ2v) is 8.63. The summed E-state index contributed by atoms with van der Waals surface area (Å²) < 4.78 is 14.1. The molecule has 0 atom stereocenters. The number of fused-ring (bicyclic) bond motifs is 3. The molecule has 0 fully saturated rings. The zero-order valence-corrected chi connectivity index (χ0v) is 18.8. The number of hydrogen-bond donors (Lipinski definition) is 0. The van der Waals surface area contributed by atoms with Gasteiger partial charge in [0.1, 0.15) is 6.61 Å². The first-order valence-electron chi connectivity index (χ1n) is 10.2. The van der Waals surface area contributed by atoms with E-state index < -0.39 is 0 Å². The van der Waals surface area contributed by atoms with Crippen LogP contribution in [-0.2, 0) is 6.61 Å². The van der Waals surface area contributed by atoms with Gasteiger partial charge in [-0.15, -0.1) is 0 Å². The maximum atomic E-state index is 13.0. The number of halogens is 1. The van der Waals surface area contributed by atoms with Crippen molar-refractivity contribution in [2.45, 2.75) is 13.5 Å². The van der Waals surface area contributed by atoms with Crippen LogP contribution in [0.25, 0.3) is 22.1 Å². The summed E-state index contributed by atoms with van der Waals surface area (Å²) in [4.78, 5) is 18.3. The maximum Gasteiger partial charge on any atom is 0.274 e. The maximum absolute atomic E-state index is 13.0. The van der Waals surface area contributed by atoms with Crippen LogP contribution in [-0.4, -0.2) is 16.0 Å². The summed E-state index contributed by atoms with van der Waals surface area (Å²) in [5, 5.41) is 0.690. The minimum absolute atomic E-state index is 0.0697. The summed E-state index contributed by atoms with van der Waals surface area (Å²) in [6, 6.07) is 20.9. The van der Waals surface area contributed by atoms with E-state index in [4.69, 9.17) is 21.1 Å². The van der Waals surface area contributed by atoms with E-state index in [1.54, 1.807) is 4.40 Å². The van der Waals surface area contributed by atoms with Gasteiger partial charge in [0, 0.05) is 5.02 Å². The lowest BCUT2D eigenvalue weighted by Gasteiger charge is -2.12. The normalized spacial score (nSPS) is 12.0. The Labute approximate surface area is 193 Å². The van der Waals surface area contributed by atoms with Gasteiger partial charge in [0.05, 0.1) is 22.2 Å². The summed E-state index contributed by atoms with van der Waals surface area (Å²) in [6.07, 6.45) is 1.86. The molecule has 32 heavy (non-hydrogen) atoms. The van der Waals surface area contributed by atoms with E-state index in [-0.39, 0.29) is 5.56 Å². The Morgan fingerprint density at radius 1 is 1.03 bits per heavy atom. The number of benzene rings is 3. The van der Waals surface area contributed by atoms with Crippen LogP contribution in [0.1, 0.15) is 18.1 Å². The van der Waals surface area contributed by atoms with Crippen molar-refractivity contribution in [2.75, 3.05) is 6.61 Å². The van der Waals surface area contributed by atoms with Gasteiger partial charge in [-0.25, -0.2) is 9.38 Å². The lowest BCUT2D eigenvalue weighted by molar-refractivity contribution is 0.269. The number of imidazole rings is 1. The highest BCUT2D eigenvalue weighted by atomic mass is 35.5. The van der Waals surface area contributed by atoms with E-state index in [1.807, 2.05) is 79.7 Å². The fraction of sp³-hybridized carbons (Fsp3) is 0.120. The molecule has 0 aliphatic carbocycles. The molecule has 0 saturated carbocycles. The molecule has 2 heterocycles. The molecule has 0 N–H and O–H groups in total. The minimum Gasteiger partial charge on any atom is -0.490 e. The van der Waals surface area contributed by atoms with Crippen LogP contribution in [0.15, 0.2) is 71.5 Å². The van der Waals surface area contributed by atoms with Crippen LogP contribution in [0.5, 0.6) is 11.5 Å². The predicted molar refractivity (Wildman–Crippen MR) is 129 cm³/mol. The van der Waals surface area contributed by atoms with Gasteiger partial charge in [0.25, 0.3) is 5.56 Å². The lowest BCUT2D eigenvalue weighted by Crippen LogP contribution is -2.22. The van der Waals surface area contributed by atoms with Crippen LogP contribution >= 0.6 is 22.9 Å². The Balaban J connectivity index is 1.48. The molecule has 0 saturated heterocycles. The quantitative estimate of drug-likeness (QED) is 0.353. The highest BCUT2D eigenvalue weighted by molar-refractivity contribution is 7.15. The molecule has 7 heteroatoms. The van der Waals surface area contributed by atoms with Crippen LogP contribution in [0.4, 0.5) is 0 Å². The molecule has 0 aliphatic heterocycles. The molecule has 5 rings (SSSR count). The number of rotatable bonds is 6. The van der Waals surface area contributed by atoms with Gasteiger partial charge in [0.15, 0.2) is 16.5 Å². The molecule has 160 valence electrons. The van der Waals surface area contributed by atoms with Crippen molar-refractivity contribution >= 4 is 45.0 Å². The van der Waals surface area contributed by atoms with Crippen molar-refractivity contribution in [3.8, 4) is 11.5 Å². The number of aromatic nitrogens is 2. The predicted octanol–water partition coefficient (Wildman–Crippen LogP) is 5.09. The SMILES string of the molecule is CCOc1cc(C=c2sc3nc4ccccc4n3c2=O)ccc1OCc1ccc(Cl)cc1. The zero-order valence-electron chi connectivity index (χ0n) is 17.2. The molecule has 2 aromatic heterocycles. The van der Waals surface area contributed by atoms with E-state index in [0.29, 0.717) is 39.2 Å². The van der Waals surface area contributed by atoms with Gasteiger partial charge in [-0.3, -0.25) is 4.79 Å². The molecular weight excluding hydrogens is 444 g/mol. The molecule has 5 aromatic rings. The minimum atomic E-state index is -0.0697. The number of hydrogen-bond acceptors (Lipinski definition) is 5. The van der Waals surface area contributed by atoms with Crippen molar-refractivity contribution in [3.63, 3.8) is 0 Å². The molecule has 0 unspecified atom stereocenters. The lowest BCUT2D eigenvalue weighted by atomic mass is 10.2. The first kappa shape index (κ1) is 20.5.